The minimum Gasteiger partial charge on any atom is -0.480 e. The lowest BCUT2D eigenvalue weighted by atomic mass is 9.86. The summed E-state index contributed by atoms with van der Waals surface area (Å²) in [5.41, 5.74) is 1.03. The number of nitrogens with zero attached hydrogens (tertiary/aromatic N) is 3. The van der Waals surface area contributed by atoms with Crippen LogP contribution in [-0.2, 0) is 14.8 Å². The lowest BCUT2D eigenvalue weighted by Crippen LogP contribution is -2.34. The molecule has 1 unspecified atom stereocenters. The quantitative estimate of drug-likeness (QED) is 0.309. The molecule has 1 aliphatic carbocycles. The molecule has 1 fully saturated rings. The third-order valence-corrected chi connectivity index (χ3v) is 8.94. The largest absolute Gasteiger partial charge is 0.480 e. The minimum absolute atomic E-state index is 0.0667. The number of benzene rings is 2. The van der Waals surface area contributed by atoms with Crippen LogP contribution < -0.4 is 0 Å². The summed E-state index contributed by atoms with van der Waals surface area (Å²) < 4.78 is 29.8. The van der Waals surface area contributed by atoms with Crippen LogP contribution in [0.15, 0.2) is 64.6 Å². The van der Waals surface area contributed by atoms with Crippen molar-refractivity contribution in [2.45, 2.75) is 62.2 Å². The molecule has 0 spiro atoms. The van der Waals surface area contributed by atoms with Gasteiger partial charge in [0.2, 0.25) is 10.0 Å². The second-order valence-electron chi connectivity index (χ2n) is 9.72. The van der Waals surface area contributed by atoms with Crippen molar-refractivity contribution >= 4 is 38.8 Å². The molecule has 1 atom stereocenters. The van der Waals surface area contributed by atoms with Crippen LogP contribution in [0.1, 0.15) is 46.1 Å². The topological polar surface area (TPSA) is 92.5 Å². The van der Waals surface area contributed by atoms with E-state index in [1.54, 1.807) is 28.6 Å². The molecule has 7 nitrogen and oxygen atoms in total. The monoisotopic (exact) mass is 501 g/mol. The highest BCUT2D eigenvalue weighted by atomic mass is 32.2. The molecule has 0 amide bonds. The van der Waals surface area contributed by atoms with Crippen LogP contribution >= 0.6 is 11.8 Å². The summed E-state index contributed by atoms with van der Waals surface area (Å²) in [4.78, 5) is 17.3. The second-order valence-corrected chi connectivity index (χ2v) is 12.7. The minimum atomic E-state index is -3.53. The number of aromatic nitrogens is 2. The Hall–Kier alpha value is -2.36. The third-order valence-electron chi connectivity index (χ3n) is 5.93. The Morgan fingerprint density at radius 3 is 2.41 bits per heavy atom. The second kappa shape index (κ2) is 9.71. The van der Waals surface area contributed by atoms with Crippen molar-refractivity contribution in [2.24, 2.45) is 5.41 Å². The normalized spacial score (nSPS) is 15.6. The maximum Gasteiger partial charge on any atom is 0.327 e. The van der Waals surface area contributed by atoms with Crippen molar-refractivity contribution in [3.8, 4) is 0 Å². The van der Waals surface area contributed by atoms with Gasteiger partial charge in [-0.25, -0.2) is 18.2 Å². The van der Waals surface area contributed by atoms with Crippen molar-refractivity contribution in [1.82, 2.24) is 13.9 Å². The van der Waals surface area contributed by atoms with Crippen molar-refractivity contribution < 1.29 is 18.3 Å². The summed E-state index contributed by atoms with van der Waals surface area (Å²) in [6.07, 6.45) is 2.42. The first kappa shape index (κ1) is 24.8. The number of thioether (sulfide) groups is 1. The molecule has 1 heterocycles. The van der Waals surface area contributed by atoms with E-state index in [-0.39, 0.29) is 6.04 Å². The van der Waals surface area contributed by atoms with Gasteiger partial charge in [-0.1, -0.05) is 62.9 Å². The zero-order valence-electron chi connectivity index (χ0n) is 19.7. The summed E-state index contributed by atoms with van der Waals surface area (Å²) in [5.74, 6) is -0.265. The molecule has 1 N–H and O–H groups in total. The fourth-order valence-corrected chi connectivity index (χ4v) is 6.92. The molecule has 1 aliphatic rings. The van der Waals surface area contributed by atoms with Crippen molar-refractivity contribution in [3.63, 3.8) is 0 Å². The zero-order chi connectivity index (χ0) is 24.5. The predicted molar refractivity (Wildman–Crippen MR) is 135 cm³/mol. The van der Waals surface area contributed by atoms with E-state index < -0.39 is 27.4 Å². The van der Waals surface area contributed by atoms with Gasteiger partial charge in [-0.2, -0.15) is 4.31 Å². The number of hydrogen-bond acceptors (Lipinski definition) is 5. The maximum absolute atomic E-state index is 13.2. The first-order valence-electron chi connectivity index (χ1n) is 11.5. The van der Waals surface area contributed by atoms with Crippen molar-refractivity contribution in [2.75, 3.05) is 12.3 Å². The predicted octanol–water partition coefficient (Wildman–Crippen LogP) is 5.04. The molecule has 1 aromatic heterocycles. The third kappa shape index (κ3) is 5.16. The van der Waals surface area contributed by atoms with Gasteiger partial charge in [-0.3, -0.25) is 0 Å². The Morgan fingerprint density at radius 2 is 1.79 bits per heavy atom. The van der Waals surface area contributed by atoms with Gasteiger partial charge in [0, 0.05) is 18.3 Å². The maximum atomic E-state index is 13.2. The van der Waals surface area contributed by atoms with Crippen LogP contribution in [0.25, 0.3) is 11.0 Å². The molecule has 182 valence electrons. The molecular formula is C25H31N3O4S2. The average Bonchev–Trinajstić information content (AvgIpc) is 3.55. The van der Waals surface area contributed by atoms with E-state index in [0.717, 1.165) is 23.9 Å². The molecule has 0 aliphatic heterocycles. The SMILES string of the molecule is CC(C)(C)C(C(=O)O)n1c(SCCCN(C2CC2)S(=O)(=O)c2ccccc2)nc2ccccc21. The fraction of sp³-hybridized carbons (Fsp3) is 0.440. The van der Waals surface area contributed by atoms with Gasteiger partial charge in [0.25, 0.3) is 0 Å². The van der Waals surface area contributed by atoms with E-state index in [9.17, 15) is 18.3 Å². The lowest BCUT2D eigenvalue weighted by molar-refractivity contribution is -0.144. The number of carboxylic acids is 1. The van der Waals surface area contributed by atoms with Gasteiger partial charge in [0.05, 0.1) is 15.9 Å². The standard InChI is InChI=1S/C25H31N3O4S2/c1-25(2,3)22(23(29)30)28-21-13-8-7-12-20(21)26-24(28)33-17-9-16-27(18-14-15-18)34(31,32)19-10-5-4-6-11-19/h4-8,10-13,18,22H,9,14-17H2,1-3H3,(H,29,30). The van der Waals surface area contributed by atoms with Crippen LogP contribution in [0.2, 0.25) is 0 Å². The number of sulfonamides is 1. The van der Waals surface area contributed by atoms with Crippen LogP contribution in [0.5, 0.6) is 0 Å². The van der Waals surface area contributed by atoms with Gasteiger partial charge in [0.1, 0.15) is 6.04 Å². The summed E-state index contributed by atoms with van der Waals surface area (Å²) >= 11 is 1.48. The Bertz CT molecular complexity index is 1260. The number of aliphatic carboxylic acids is 1. The zero-order valence-corrected chi connectivity index (χ0v) is 21.3. The number of rotatable bonds is 10. The van der Waals surface area contributed by atoms with Gasteiger partial charge in [0.15, 0.2) is 5.16 Å². The van der Waals surface area contributed by atoms with Gasteiger partial charge in [-0.05, 0) is 48.9 Å². The average molecular weight is 502 g/mol. The summed E-state index contributed by atoms with van der Waals surface area (Å²) in [6.45, 7) is 6.17. The summed E-state index contributed by atoms with van der Waals surface area (Å²) in [5, 5.41) is 10.7. The van der Waals surface area contributed by atoms with E-state index >= 15 is 0 Å². The Balaban J connectivity index is 1.52. The van der Waals surface area contributed by atoms with Crippen molar-refractivity contribution in [3.05, 3.63) is 54.6 Å². The van der Waals surface area contributed by atoms with E-state index in [1.165, 1.54) is 11.8 Å². The number of imidazole rings is 1. The van der Waals surface area contributed by atoms with Crippen molar-refractivity contribution in [1.29, 1.82) is 0 Å². The first-order valence-corrected chi connectivity index (χ1v) is 13.9. The van der Waals surface area contributed by atoms with E-state index in [2.05, 4.69) is 0 Å². The molecule has 3 aromatic rings. The molecule has 4 rings (SSSR count). The van der Waals surface area contributed by atoms with Crippen LogP contribution in [0.3, 0.4) is 0 Å². The fourth-order valence-electron chi connectivity index (χ4n) is 4.22. The van der Waals surface area contributed by atoms with E-state index in [0.29, 0.717) is 28.8 Å². The number of para-hydroxylation sites is 2. The van der Waals surface area contributed by atoms with Gasteiger partial charge < -0.3 is 9.67 Å². The highest BCUT2D eigenvalue weighted by Gasteiger charge is 2.38. The molecule has 0 bridgehead atoms. The number of carbonyl (C=O) groups is 1. The molecular weight excluding hydrogens is 470 g/mol. The van der Waals surface area contributed by atoms with Crippen LogP contribution in [0, 0.1) is 5.41 Å². The highest BCUT2D eigenvalue weighted by Crippen LogP contribution is 2.38. The van der Waals surface area contributed by atoms with Crippen LogP contribution in [0.4, 0.5) is 0 Å². The summed E-state index contributed by atoms with van der Waals surface area (Å²) in [6, 6.07) is 15.4. The Labute approximate surface area is 205 Å². The van der Waals surface area contributed by atoms with Gasteiger partial charge in [-0.15, -0.1) is 0 Å². The first-order chi connectivity index (χ1) is 16.1. The number of hydrogen-bond donors (Lipinski definition) is 1. The molecule has 2 aromatic carbocycles. The van der Waals surface area contributed by atoms with E-state index in [4.69, 9.17) is 4.98 Å². The smallest absolute Gasteiger partial charge is 0.327 e. The number of carboxylic acid groups (broad SMARTS) is 1. The molecule has 9 heteroatoms. The van der Waals surface area contributed by atoms with Crippen LogP contribution in [-0.4, -0.2) is 51.7 Å². The Morgan fingerprint density at radius 1 is 1.15 bits per heavy atom. The lowest BCUT2D eigenvalue weighted by Gasteiger charge is -2.29. The highest BCUT2D eigenvalue weighted by molar-refractivity contribution is 7.99. The molecule has 34 heavy (non-hydrogen) atoms. The van der Waals surface area contributed by atoms with E-state index in [1.807, 2.05) is 55.7 Å². The number of fused-ring (bicyclic) bond motifs is 1. The van der Waals surface area contributed by atoms with Gasteiger partial charge >= 0.3 is 5.97 Å². The molecule has 1 saturated carbocycles. The molecule has 0 saturated heterocycles. The molecule has 0 radical (unpaired) electrons. The Kier molecular flexibility index (Phi) is 7.07. The summed E-state index contributed by atoms with van der Waals surface area (Å²) in [7, 11) is -3.53.